The quantitative estimate of drug-likeness (QED) is 0.627. The zero-order chi connectivity index (χ0) is 10.9. The van der Waals surface area contributed by atoms with Gasteiger partial charge in [-0.05, 0) is 12.1 Å². The van der Waals surface area contributed by atoms with Gasteiger partial charge in [-0.25, -0.2) is 0 Å². The van der Waals surface area contributed by atoms with E-state index in [2.05, 4.69) is 0 Å². The predicted molar refractivity (Wildman–Crippen MR) is 45.0 cm³/mol. The van der Waals surface area contributed by atoms with Crippen molar-refractivity contribution in [3.05, 3.63) is 23.3 Å². The van der Waals surface area contributed by atoms with E-state index in [-0.39, 0.29) is 11.3 Å². The number of nitriles is 1. The van der Waals surface area contributed by atoms with E-state index in [0.29, 0.717) is 6.07 Å². The molecule has 0 amide bonds. The van der Waals surface area contributed by atoms with Crippen LogP contribution in [0.25, 0.3) is 0 Å². The fraction of sp³-hybridized carbons (Fsp3) is 0.125. The van der Waals surface area contributed by atoms with Gasteiger partial charge in [-0.15, -0.1) is 0 Å². The molecule has 0 heterocycles. The van der Waals surface area contributed by atoms with Gasteiger partial charge in [0.1, 0.15) is 0 Å². The van der Waals surface area contributed by atoms with Crippen molar-refractivity contribution < 1.29 is 13.2 Å². The molecule has 6 heteroatoms. The number of nitrogens with zero attached hydrogens (tertiary/aromatic N) is 1. The number of anilines is 2. The van der Waals surface area contributed by atoms with Crippen molar-refractivity contribution >= 4 is 11.4 Å². The molecule has 0 saturated carbocycles. The largest absolute Gasteiger partial charge is 0.418 e. The Morgan fingerprint density at radius 2 is 1.79 bits per heavy atom. The number of halogens is 3. The summed E-state index contributed by atoms with van der Waals surface area (Å²) in [6.07, 6.45) is -4.59. The minimum Gasteiger partial charge on any atom is -0.397 e. The van der Waals surface area contributed by atoms with E-state index < -0.39 is 17.4 Å². The SMILES string of the molecule is N#Cc1cc(N)c(N)c(C(F)(F)F)c1. The fourth-order valence-electron chi connectivity index (χ4n) is 0.975. The van der Waals surface area contributed by atoms with E-state index in [0.717, 1.165) is 6.07 Å². The second-order valence-corrected chi connectivity index (χ2v) is 2.64. The zero-order valence-electron chi connectivity index (χ0n) is 6.89. The lowest BCUT2D eigenvalue weighted by atomic mass is 10.1. The molecule has 14 heavy (non-hydrogen) atoms. The average Bonchev–Trinajstić information content (AvgIpc) is 2.07. The Kier molecular flexibility index (Phi) is 2.26. The highest BCUT2D eigenvalue weighted by Crippen LogP contribution is 2.36. The topological polar surface area (TPSA) is 75.8 Å². The van der Waals surface area contributed by atoms with Gasteiger partial charge in [0, 0.05) is 0 Å². The molecule has 4 N–H and O–H groups in total. The number of hydrogen-bond donors (Lipinski definition) is 2. The lowest BCUT2D eigenvalue weighted by Gasteiger charge is -2.11. The van der Waals surface area contributed by atoms with Gasteiger partial charge in [-0.3, -0.25) is 0 Å². The van der Waals surface area contributed by atoms with Gasteiger partial charge >= 0.3 is 6.18 Å². The summed E-state index contributed by atoms with van der Waals surface area (Å²) < 4.78 is 36.9. The Bertz CT molecular complexity index is 404. The van der Waals surface area contributed by atoms with Crippen LogP contribution in [0.5, 0.6) is 0 Å². The van der Waals surface area contributed by atoms with Gasteiger partial charge < -0.3 is 11.5 Å². The standard InChI is InChI=1S/C8H6F3N3/c9-8(10,11)5-1-4(3-12)2-6(13)7(5)14/h1-2H,13-14H2. The third kappa shape index (κ3) is 1.71. The van der Waals surface area contributed by atoms with Crippen molar-refractivity contribution in [3.63, 3.8) is 0 Å². The van der Waals surface area contributed by atoms with Crippen LogP contribution >= 0.6 is 0 Å². The van der Waals surface area contributed by atoms with Crippen LogP contribution in [0.15, 0.2) is 12.1 Å². The molecule has 0 aliphatic rings. The first kappa shape index (κ1) is 10.2. The normalized spacial score (nSPS) is 11.0. The average molecular weight is 201 g/mol. The van der Waals surface area contributed by atoms with Gasteiger partial charge in [0.2, 0.25) is 0 Å². The number of benzene rings is 1. The van der Waals surface area contributed by atoms with Crippen molar-refractivity contribution in [1.29, 1.82) is 5.26 Å². The number of hydrogen-bond acceptors (Lipinski definition) is 3. The summed E-state index contributed by atoms with van der Waals surface area (Å²) in [5, 5.41) is 8.43. The highest BCUT2D eigenvalue weighted by Gasteiger charge is 2.34. The molecule has 1 rings (SSSR count). The first-order valence-corrected chi connectivity index (χ1v) is 3.52. The summed E-state index contributed by atoms with van der Waals surface area (Å²) in [7, 11) is 0. The van der Waals surface area contributed by atoms with E-state index in [4.69, 9.17) is 16.7 Å². The highest BCUT2D eigenvalue weighted by atomic mass is 19.4. The van der Waals surface area contributed by atoms with Crippen molar-refractivity contribution in [3.8, 4) is 6.07 Å². The lowest BCUT2D eigenvalue weighted by Crippen LogP contribution is -2.11. The second kappa shape index (κ2) is 3.10. The lowest BCUT2D eigenvalue weighted by molar-refractivity contribution is -0.136. The molecular formula is C8H6F3N3. The van der Waals surface area contributed by atoms with Crippen molar-refractivity contribution in [2.75, 3.05) is 11.5 Å². The smallest absolute Gasteiger partial charge is 0.397 e. The van der Waals surface area contributed by atoms with Gasteiger partial charge in [0.15, 0.2) is 0 Å². The molecule has 74 valence electrons. The summed E-state index contributed by atoms with van der Waals surface area (Å²) in [5.41, 5.74) is 8.33. The number of rotatable bonds is 0. The van der Waals surface area contributed by atoms with E-state index in [1.807, 2.05) is 0 Å². The van der Waals surface area contributed by atoms with Crippen LogP contribution < -0.4 is 11.5 Å². The third-order valence-electron chi connectivity index (χ3n) is 1.65. The zero-order valence-corrected chi connectivity index (χ0v) is 6.89. The Balaban J connectivity index is 3.44. The number of nitrogens with two attached hydrogens (primary N) is 2. The molecule has 0 atom stereocenters. The van der Waals surface area contributed by atoms with Crippen molar-refractivity contribution in [1.82, 2.24) is 0 Å². The van der Waals surface area contributed by atoms with Crippen LogP contribution in [-0.2, 0) is 6.18 Å². The molecule has 0 unspecified atom stereocenters. The maximum atomic E-state index is 12.3. The minimum absolute atomic E-state index is 0.163. The number of nitrogen functional groups attached to an aromatic ring is 2. The fourth-order valence-corrected chi connectivity index (χ4v) is 0.975. The maximum absolute atomic E-state index is 12.3. The first-order chi connectivity index (χ1) is 6.36. The summed E-state index contributed by atoms with van der Waals surface area (Å²) >= 11 is 0. The van der Waals surface area contributed by atoms with Crippen LogP contribution in [0.2, 0.25) is 0 Å². The van der Waals surface area contributed by atoms with Crippen LogP contribution in [0.3, 0.4) is 0 Å². The molecule has 0 fully saturated rings. The summed E-state index contributed by atoms with van der Waals surface area (Å²) in [6, 6.07) is 3.35. The summed E-state index contributed by atoms with van der Waals surface area (Å²) in [5.74, 6) is 0. The van der Waals surface area contributed by atoms with Crippen molar-refractivity contribution in [2.24, 2.45) is 0 Å². The van der Waals surface area contributed by atoms with Crippen LogP contribution in [-0.4, -0.2) is 0 Å². The molecule has 1 aromatic carbocycles. The van der Waals surface area contributed by atoms with Crippen molar-refractivity contribution in [2.45, 2.75) is 6.18 Å². The van der Waals surface area contributed by atoms with Crippen LogP contribution in [0.4, 0.5) is 24.5 Å². The van der Waals surface area contributed by atoms with Gasteiger partial charge in [0.25, 0.3) is 0 Å². The molecule has 3 nitrogen and oxygen atoms in total. The molecule has 0 aliphatic heterocycles. The summed E-state index contributed by atoms with van der Waals surface area (Å²) in [4.78, 5) is 0. The van der Waals surface area contributed by atoms with E-state index >= 15 is 0 Å². The Labute approximate surface area is 77.7 Å². The third-order valence-corrected chi connectivity index (χ3v) is 1.65. The Hall–Kier alpha value is -1.90. The van der Waals surface area contributed by atoms with Gasteiger partial charge in [-0.1, -0.05) is 0 Å². The first-order valence-electron chi connectivity index (χ1n) is 3.52. The number of alkyl halides is 3. The van der Waals surface area contributed by atoms with E-state index in [9.17, 15) is 13.2 Å². The molecule has 0 bridgehead atoms. The summed E-state index contributed by atoms with van der Waals surface area (Å²) in [6.45, 7) is 0. The van der Waals surface area contributed by atoms with Gasteiger partial charge in [-0.2, -0.15) is 18.4 Å². The Morgan fingerprint density at radius 1 is 1.21 bits per heavy atom. The second-order valence-electron chi connectivity index (χ2n) is 2.64. The molecule has 0 aliphatic carbocycles. The Morgan fingerprint density at radius 3 is 2.21 bits per heavy atom. The molecule has 0 spiro atoms. The molecule has 0 aromatic heterocycles. The van der Waals surface area contributed by atoms with Crippen LogP contribution in [0, 0.1) is 11.3 Å². The molecular weight excluding hydrogens is 195 g/mol. The molecule has 0 saturated heterocycles. The minimum atomic E-state index is -4.59. The monoisotopic (exact) mass is 201 g/mol. The highest BCUT2D eigenvalue weighted by molar-refractivity contribution is 5.70. The predicted octanol–water partition coefficient (Wildman–Crippen LogP) is 1.74. The molecule has 1 aromatic rings. The van der Waals surface area contributed by atoms with Crippen LogP contribution in [0.1, 0.15) is 11.1 Å². The van der Waals surface area contributed by atoms with E-state index in [1.54, 1.807) is 6.07 Å². The maximum Gasteiger partial charge on any atom is 0.418 e. The molecule has 0 radical (unpaired) electrons. The van der Waals surface area contributed by atoms with Gasteiger partial charge in [0.05, 0.1) is 28.6 Å². The van der Waals surface area contributed by atoms with E-state index in [1.165, 1.54) is 0 Å².